The van der Waals surface area contributed by atoms with Crippen LogP contribution >= 0.6 is 0 Å². The highest BCUT2D eigenvalue weighted by Gasteiger charge is 2.29. The number of rotatable bonds is 4. The van der Waals surface area contributed by atoms with E-state index in [1.165, 1.54) is 0 Å². The average Bonchev–Trinajstić information content (AvgIpc) is 2.72. The fourth-order valence-corrected chi connectivity index (χ4v) is 4.55. The molecule has 0 saturated carbocycles. The van der Waals surface area contributed by atoms with Crippen molar-refractivity contribution in [1.82, 2.24) is 5.32 Å². The summed E-state index contributed by atoms with van der Waals surface area (Å²) in [5.74, 6) is 1.25. The van der Waals surface area contributed by atoms with Gasteiger partial charge in [0, 0.05) is 19.2 Å². The van der Waals surface area contributed by atoms with Crippen LogP contribution in [0.1, 0.15) is 32.6 Å². The van der Waals surface area contributed by atoms with Crippen LogP contribution in [0.5, 0.6) is 0 Å². The zero-order valence-electron chi connectivity index (χ0n) is 10.5. The van der Waals surface area contributed by atoms with Crippen molar-refractivity contribution in [3.8, 4) is 0 Å². The fraction of sp³-hybridized carbons (Fsp3) is 1.00. The normalized spacial score (nSPS) is 37.1. The first kappa shape index (κ1) is 13.3. The van der Waals surface area contributed by atoms with Gasteiger partial charge in [-0.1, -0.05) is 6.92 Å². The lowest BCUT2D eigenvalue weighted by atomic mass is 9.99. The van der Waals surface area contributed by atoms with Gasteiger partial charge in [0.2, 0.25) is 0 Å². The van der Waals surface area contributed by atoms with Crippen LogP contribution in [0.4, 0.5) is 0 Å². The highest BCUT2D eigenvalue weighted by molar-refractivity contribution is 7.91. The number of sulfone groups is 1. The van der Waals surface area contributed by atoms with Gasteiger partial charge < -0.3 is 10.1 Å². The Balaban J connectivity index is 1.78. The summed E-state index contributed by atoms with van der Waals surface area (Å²) in [4.78, 5) is 0. The number of ether oxygens (including phenoxy) is 1. The molecule has 2 aliphatic heterocycles. The molecule has 2 rings (SSSR count). The van der Waals surface area contributed by atoms with Crippen LogP contribution < -0.4 is 5.32 Å². The fourth-order valence-electron chi connectivity index (χ4n) is 2.88. The summed E-state index contributed by atoms with van der Waals surface area (Å²) in [5, 5.41) is 3.42. The lowest BCUT2D eigenvalue weighted by Gasteiger charge is -2.25. The van der Waals surface area contributed by atoms with Gasteiger partial charge in [0.25, 0.3) is 0 Å². The van der Waals surface area contributed by atoms with Crippen molar-refractivity contribution in [2.24, 2.45) is 5.92 Å². The molecule has 0 amide bonds. The maximum atomic E-state index is 11.5. The van der Waals surface area contributed by atoms with Crippen LogP contribution in [-0.2, 0) is 14.6 Å². The third kappa shape index (κ3) is 3.66. The summed E-state index contributed by atoms with van der Waals surface area (Å²) in [7, 11) is -2.79. The summed E-state index contributed by atoms with van der Waals surface area (Å²) < 4.78 is 28.7. The molecular formula is C12H23NO3S. The smallest absolute Gasteiger partial charge is 0.151 e. The van der Waals surface area contributed by atoms with Crippen molar-refractivity contribution >= 4 is 9.84 Å². The minimum Gasteiger partial charge on any atom is -0.378 e. The van der Waals surface area contributed by atoms with E-state index in [1.807, 2.05) is 0 Å². The molecule has 2 saturated heterocycles. The highest BCUT2D eigenvalue weighted by Crippen LogP contribution is 2.23. The number of hydrogen-bond acceptors (Lipinski definition) is 4. The molecule has 5 heteroatoms. The minimum absolute atomic E-state index is 0.159. The van der Waals surface area contributed by atoms with Crippen molar-refractivity contribution in [3.05, 3.63) is 0 Å². The van der Waals surface area contributed by atoms with Crippen molar-refractivity contribution < 1.29 is 13.2 Å². The topological polar surface area (TPSA) is 55.4 Å². The first-order chi connectivity index (χ1) is 8.11. The molecule has 0 bridgehead atoms. The zero-order chi connectivity index (χ0) is 12.3. The summed E-state index contributed by atoms with van der Waals surface area (Å²) in [6.45, 7) is 3.90. The molecule has 4 nitrogen and oxygen atoms in total. The molecule has 17 heavy (non-hydrogen) atoms. The summed E-state index contributed by atoms with van der Waals surface area (Å²) in [6.07, 6.45) is 4.31. The van der Waals surface area contributed by atoms with E-state index >= 15 is 0 Å². The van der Waals surface area contributed by atoms with Crippen LogP contribution in [0.3, 0.4) is 0 Å². The van der Waals surface area contributed by atoms with E-state index in [0.717, 1.165) is 38.8 Å². The third-order valence-electron chi connectivity index (χ3n) is 3.88. The van der Waals surface area contributed by atoms with Crippen molar-refractivity contribution in [2.75, 3.05) is 24.7 Å². The molecule has 0 aromatic heterocycles. The van der Waals surface area contributed by atoms with Gasteiger partial charge in [0.05, 0.1) is 17.6 Å². The summed E-state index contributed by atoms with van der Waals surface area (Å²) in [6, 6.07) is 0.159. The molecule has 2 fully saturated rings. The highest BCUT2D eigenvalue weighted by atomic mass is 32.2. The number of hydrogen-bond donors (Lipinski definition) is 1. The maximum absolute atomic E-state index is 11.5. The first-order valence-corrected chi connectivity index (χ1v) is 8.48. The lowest BCUT2D eigenvalue weighted by molar-refractivity contribution is 0.0866. The molecule has 100 valence electrons. The van der Waals surface area contributed by atoms with Gasteiger partial charge in [-0.3, -0.25) is 0 Å². The second kappa shape index (κ2) is 5.67. The standard InChI is InChI=1S/C12H23NO3S/c1-2-12-10(5-6-16-12)8-13-11-4-3-7-17(14,15)9-11/h10-13H,2-9H2,1H3. The van der Waals surface area contributed by atoms with Gasteiger partial charge in [0.1, 0.15) is 0 Å². The molecule has 0 spiro atoms. The molecule has 0 aromatic rings. The lowest BCUT2D eigenvalue weighted by Crippen LogP contribution is -2.43. The Morgan fingerprint density at radius 2 is 2.18 bits per heavy atom. The Labute approximate surface area is 104 Å². The quantitative estimate of drug-likeness (QED) is 0.819. The largest absolute Gasteiger partial charge is 0.378 e. The Bertz CT molecular complexity index is 342. The zero-order valence-corrected chi connectivity index (χ0v) is 11.3. The number of nitrogens with one attached hydrogen (secondary N) is 1. The Kier molecular flexibility index (Phi) is 4.44. The average molecular weight is 261 g/mol. The predicted molar refractivity (Wildman–Crippen MR) is 67.8 cm³/mol. The van der Waals surface area contributed by atoms with E-state index in [2.05, 4.69) is 12.2 Å². The van der Waals surface area contributed by atoms with E-state index in [4.69, 9.17) is 4.74 Å². The molecule has 0 aliphatic carbocycles. The van der Waals surface area contributed by atoms with Gasteiger partial charge in [-0.15, -0.1) is 0 Å². The molecular weight excluding hydrogens is 238 g/mol. The van der Waals surface area contributed by atoms with Crippen molar-refractivity contribution in [2.45, 2.75) is 44.8 Å². The molecule has 2 heterocycles. The van der Waals surface area contributed by atoms with Crippen LogP contribution in [0.2, 0.25) is 0 Å². The molecule has 0 aromatic carbocycles. The van der Waals surface area contributed by atoms with E-state index < -0.39 is 9.84 Å². The van der Waals surface area contributed by atoms with E-state index in [1.54, 1.807) is 0 Å². The van der Waals surface area contributed by atoms with Gasteiger partial charge in [0.15, 0.2) is 9.84 Å². The summed E-state index contributed by atoms with van der Waals surface area (Å²) in [5.41, 5.74) is 0. The van der Waals surface area contributed by atoms with E-state index in [0.29, 0.717) is 23.5 Å². The van der Waals surface area contributed by atoms with Gasteiger partial charge in [-0.25, -0.2) is 8.42 Å². The van der Waals surface area contributed by atoms with Crippen molar-refractivity contribution in [1.29, 1.82) is 0 Å². The Morgan fingerprint density at radius 1 is 1.35 bits per heavy atom. The predicted octanol–water partition coefficient (Wildman–Crippen LogP) is 0.968. The molecule has 2 aliphatic rings. The van der Waals surface area contributed by atoms with Crippen LogP contribution in [-0.4, -0.2) is 45.2 Å². The van der Waals surface area contributed by atoms with E-state index in [-0.39, 0.29) is 6.04 Å². The van der Waals surface area contributed by atoms with Gasteiger partial charge in [-0.2, -0.15) is 0 Å². The first-order valence-electron chi connectivity index (χ1n) is 6.66. The monoisotopic (exact) mass is 261 g/mol. The van der Waals surface area contributed by atoms with Gasteiger partial charge >= 0.3 is 0 Å². The third-order valence-corrected chi connectivity index (χ3v) is 5.70. The molecule has 3 unspecified atom stereocenters. The van der Waals surface area contributed by atoms with Gasteiger partial charge in [-0.05, 0) is 31.6 Å². The second-order valence-corrected chi connectivity index (χ2v) is 7.46. The SMILES string of the molecule is CCC1OCCC1CNC1CCCS(=O)(=O)C1. The molecule has 1 N–H and O–H groups in total. The second-order valence-electron chi connectivity index (χ2n) is 5.23. The maximum Gasteiger partial charge on any atom is 0.151 e. The Morgan fingerprint density at radius 3 is 2.88 bits per heavy atom. The molecule has 3 atom stereocenters. The molecule has 0 radical (unpaired) electrons. The summed E-state index contributed by atoms with van der Waals surface area (Å²) >= 11 is 0. The van der Waals surface area contributed by atoms with Crippen LogP contribution in [0.15, 0.2) is 0 Å². The van der Waals surface area contributed by atoms with E-state index in [9.17, 15) is 8.42 Å². The minimum atomic E-state index is -2.79. The van der Waals surface area contributed by atoms with Crippen LogP contribution in [0.25, 0.3) is 0 Å². The Hall–Kier alpha value is -0.130. The van der Waals surface area contributed by atoms with Crippen molar-refractivity contribution in [3.63, 3.8) is 0 Å². The van der Waals surface area contributed by atoms with Crippen LogP contribution in [0, 0.1) is 5.92 Å².